The Kier molecular flexibility index (Phi) is 5.97. The quantitative estimate of drug-likeness (QED) is 0.783. The molecule has 3 rings (SSSR count). The number of hydrogen-bond donors (Lipinski definition) is 0. The van der Waals surface area contributed by atoms with Crippen LogP contribution in [0.5, 0.6) is 0 Å². The molecule has 1 fully saturated rings. The number of ketones is 1. The van der Waals surface area contributed by atoms with E-state index in [0.29, 0.717) is 10.6 Å². The van der Waals surface area contributed by atoms with E-state index in [1.54, 1.807) is 26.3 Å². The maximum Gasteiger partial charge on any atom is 0.162 e. The van der Waals surface area contributed by atoms with Crippen molar-refractivity contribution in [2.45, 2.75) is 33.3 Å². The van der Waals surface area contributed by atoms with Crippen LogP contribution in [0.3, 0.4) is 0 Å². The number of aromatic nitrogens is 1. The molecule has 2 heterocycles. The van der Waals surface area contributed by atoms with Crippen LogP contribution in [0, 0.1) is 0 Å². The summed E-state index contributed by atoms with van der Waals surface area (Å²) in [4.78, 5) is 18.7. The first-order chi connectivity index (χ1) is 11.1. The lowest BCUT2D eigenvalue weighted by atomic mass is 10.0. The van der Waals surface area contributed by atoms with E-state index in [2.05, 4.69) is 9.88 Å². The van der Waals surface area contributed by atoms with Crippen LogP contribution in [-0.4, -0.2) is 37.1 Å². The molecule has 0 N–H and O–H groups in total. The van der Waals surface area contributed by atoms with Gasteiger partial charge in [-0.05, 0) is 31.5 Å². The van der Waals surface area contributed by atoms with Gasteiger partial charge >= 0.3 is 0 Å². The zero-order valence-electron chi connectivity index (χ0n) is 14.1. The number of pyridine rings is 1. The van der Waals surface area contributed by atoms with E-state index in [4.69, 9.17) is 16.3 Å². The summed E-state index contributed by atoms with van der Waals surface area (Å²) in [6, 6.07) is 5.54. The van der Waals surface area contributed by atoms with Gasteiger partial charge in [0.1, 0.15) is 0 Å². The first kappa shape index (κ1) is 17.7. The predicted molar refractivity (Wildman–Crippen MR) is 95.7 cm³/mol. The summed E-state index contributed by atoms with van der Waals surface area (Å²) in [6.07, 6.45) is 2.88. The van der Waals surface area contributed by atoms with Crippen molar-refractivity contribution >= 4 is 34.0 Å². The number of anilines is 1. The molecule has 1 aromatic carbocycles. The summed E-state index contributed by atoms with van der Waals surface area (Å²) in [7, 11) is 1.72. The molecule has 1 unspecified atom stereocenters. The Morgan fingerprint density at radius 2 is 2.17 bits per heavy atom. The maximum absolute atomic E-state index is 12.0. The van der Waals surface area contributed by atoms with E-state index < -0.39 is 0 Å². The molecule has 0 bridgehead atoms. The first-order valence-corrected chi connectivity index (χ1v) is 8.35. The van der Waals surface area contributed by atoms with Crippen molar-refractivity contribution in [1.82, 2.24) is 4.98 Å². The summed E-state index contributed by atoms with van der Waals surface area (Å²) in [5.41, 5.74) is 2.29. The average Bonchev–Trinajstić information content (AvgIpc) is 3.05. The smallest absolute Gasteiger partial charge is 0.162 e. The van der Waals surface area contributed by atoms with E-state index in [-0.39, 0.29) is 11.9 Å². The van der Waals surface area contributed by atoms with Gasteiger partial charge in [0.2, 0.25) is 0 Å². The lowest BCUT2D eigenvalue weighted by Gasteiger charge is -2.23. The van der Waals surface area contributed by atoms with Gasteiger partial charge in [0, 0.05) is 37.3 Å². The number of rotatable bonds is 3. The van der Waals surface area contributed by atoms with Gasteiger partial charge in [0.25, 0.3) is 0 Å². The van der Waals surface area contributed by atoms with Crippen molar-refractivity contribution in [1.29, 1.82) is 0 Å². The number of carbonyl (C=O) groups is 1. The topological polar surface area (TPSA) is 42.4 Å². The fourth-order valence-electron chi connectivity index (χ4n) is 2.90. The Labute approximate surface area is 142 Å². The molecular weight excluding hydrogens is 312 g/mol. The minimum Gasteiger partial charge on any atom is -0.380 e. The Morgan fingerprint density at radius 3 is 2.78 bits per heavy atom. The van der Waals surface area contributed by atoms with E-state index in [0.717, 1.165) is 36.1 Å². The van der Waals surface area contributed by atoms with Crippen molar-refractivity contribution in [3.63, 3.8) is 0 Å². The second-order valence-electron chi connectivity index (χ2n) is 5.30. The summed E-state index contributed by atoms with van der Waals surface area (Å²) in [5.74, 6) is 0.000296. The normalized spacial score (nSPS) is 17.1. The van der Waals surface area contributed by atoms with Crippen molar-refractivity contribution in [2.24, 2.45) is 0 Å². The molecule has 2 aromatic rings. The summed E-state index contributed by atoms with van der Waals surface area (Å²) >= 11 is 6.31. The average molecular weight is 335 g/mol. The van der Waals surface area contributed by atoms with Crippen molar-refractivity contribution in [3.8, 4) is 0 Å². The van der Waals surface area contributed by atoms with Crippen LogP contribution in [0.15, 0.2) is 24.4 Å². The minimum atomic E-state index is 0.000296. The third kappa shape index (κ3) is 3.48. The lowest BCUT2D eigenvalue weighted by molar-refractivity contribution is 0.101. The minimum absolute atomic E-state index is 0.000296. The molecule has 1 saturated heterocycles. The van der Waals surface area contributed by atoms with E-state index in [1.807, 2.05) is 26.0 Å². The molecule has 0 spiro atoms. The zero-order chi connectivity index (χ0) is 17.0. The monoisotopic (exact) mass is 334 g/mol. The third-order valence-corrected chi connectivity index (χ3v) is 4.30. The molecular formula is C18H23ClN2O2. The predicted octanol–water partition coefficient (Wildman–Crippen LogP) is 4.34. The highest BCUT2D eigenvalue weighted by atomic mass is 35.5. The molecule has 0 radical (unpaired) electrons. The van der Waals surface area contributed by atoms with E-state index >= 15 is 0 Å². The number of ether oxygens (including phenoxy) is 1. The van der Waals surface area contributed by atoms with Crippen LogP contribution < -0.4 is 4.90 Å². The van der Waals surface area contributed by atoms with Crippen LogP contribution in [0.4, 0.5) is 5.69 Å². The molecule has 1 atom stereocenters. The summed E-state index contributed by atoms with van der Waals surface area (Å²) in [6.45, 7) is 7.18. The van der Waals surface area contributed by atoms with Gasteiger partial charge in [0.15, 0.2) is 5.78 Å². The summed E-state index contributed by atoms with van der Waals surface area (Å²) in [5, 5.41) is 1.44. The first-order valence-electron chi connectivity index (χ1n) is 7.97. The van der Waals surface area contributed by atoms with Crippen molar-refractivity contribution in [3.05, 3.63) is 35.0 Å². The van der Waals surface area contributed by atoms with Gasteiger partial charge in [-0.2, -0.15) is 0 Å². The van der Waals surface area contributed by atoms with Gasteiger partial charge in [0.05, 0.1) is 22.3 Å². The van der Waals surface area contributed by atoms with Gasteiger partial charge in [-0.25, -0.2) is 0 Å². The summed E-state index contributed by atoms with van der Waals surface area (Å²) < 4.78 is 5.43. The van der Waals surface area contributed by atoms with Crippen LogP contribution in [-0.2, 0) is 4.74 Å². The highest BCUT2D eigenvalue weighted by molar-refractivity contribution is 6.36. The number of carbonyl (C=O) groups excluding carboxylic acids is 1. The third-order valence-electron chi connectivity index (χ3n) is 3.99. The Balaban J connectivity index is 0.000000924. The number of halogens is 1. The van der Waals surface area contributed by atoms with Gasteiger partial charge in [-0.1, -0.05) is 25.4 Å². The van der Waals surface area contributed by atoms with Gasteiger partial charge < -0.3 is 9.64 Å². The number of hydrogen-bond acceptors (Lipinski definition) is 4. The SMILES string of the molecule is CC.COC1CCN(c2c(C(C)=O)cc(Cl)c3cccnc23)C1. The lowest BCUT2D eigenvalue weighted by Crippen LogP contribution is -2.24. The molecule has 5 heteroatoms. The standard InChI is InChI=1S/C16H17ClN2O2.C2H6/c1-10(20)13-8-14(17)12-4-3-6-18-15(12)16(13)19-7-5-11(9-19)21-2;1-2/h3-4,6,8,11H,5,7,9H2,1-2H3;1-2H3. The fourth-order valence-corrected chi connectivity index (χ4v) is 3.16. The van der Waals surface area contributed by atoms with Crippen LogP contribution in [0.25, 0.3) is 10.9 Å². The Hall–Kier alpha value is -1.65. The number of Topliss-reactive ketones (excluding diaryl/α,β-unsaturated/α-hetero) is 1. The highest BCUT2D eigenvalue weighted by Gasteiger charge is 2.27. The number of methoxy groups -OCH3 is 1. The Morgan fingerprint density at radius 1 is 1.43 bits per heavy atom. The number of fused-ring (bicyclic) bond motifs is 1. The second kappa shape index (κ2) is 7.75. The molecule has 0 amide bonds. The van der Waals surface area contributed by atoms with Gasteiger partial charge in [-0.3, -0.25) is 9.78 Å². The second-order valence-corrected chi connectivity index (χ2v) is 5.71. The maximum atomic E-state index is 12.0. The number of benzene rings is 1. The van der Waals surface area contributed by atoms with Crippen molar-refractivity contribution < 1.29 is 9.53 Å². The van der Waals surface area contributed by atoms with Crippen LogP contribution in [0.1, 0.15) is 37.6 Å². The van der Waals surface area contributed by atoms with Crippen molar-refractivity contribution in [2.75, 3.05) is 25.1 Å². The van der Waals surface area contributed by atoms with E-state index in [9.17, 15) is 4.79 Å². The molecule has 1 aromatic heterocycles. The molecule has 23 heavy (non-hydrogen) atoms. The van der Waals surface area contributed by atoms with Gasteiger partial charge in [-0.15, -0.1) is 0 Å². The molecule has 1 aliphatic heterocycles. The molecule has 0 saturated carbocycles. The van der Waals surface area contributed by atoms with Crippen LogP contribution >= 0.6 is 11.6 Å². The largest absolute Gasteiger partial charge is 0.380 e. The highest BCUT2D eigenvalue weighted by Crippen LogP contribution is 2.36. The molecule has 124 valence electrons. The number of nitrogens with zero attached hydrogens (tertiary/aromatic N) is 2. The van der Waals surface area contributed by atoms with Crippen LogP contribution in [0.2, 0.25) is 5.02 Å². The fraction of sp³-hybridized carbons (Fsp3) is 0.444. The zero-order valence-corrected chi connectivity index (χ0v) is 14.9. The van der Waals surface area contributed by atoms with E-state index in [1.165, 1.54) is 0 Å². The molecule has 4 nitrogen and oxygen atoms in total. The molecule has 1 aliphatic rings. The molecule has 0 aliphatic carbocycles. The Bertz CT molecular complexity index is 703.